The van der Waals surface area contributed by atoms with Crippen LogP contribution in [-0.2, 0) is 17.9 Å². The highest BCUT2D eigenvalue weighted by atomic mass is 16.5. The Hall–Kier alpha value is -3.29. The number of fused-ring (bicyclic) bond motifs is 1. The lowest BCUT2D eigenvalue weighted by Gasteiger charge is -2.12. The summed E-state index contributed by atoms with van der Waals surface area (Å²) in [5.74, 6) is -0.416. The molecule has 0 unspecified atom stereocenters. The number of aromatic nitrogens is 2. The Bertz CT molecular complexity index is 1060. The molecule has 26 heavy (non-hydrogen) atoms. The van der Waals surface area contributed by atoms with E-state index in [4.69, 9.17) is 9.15 Å². The van der Waals surface area contributed by atoms with E-state index in [0.29, 0.717) is 23.4 Å². The third kappa shape index (κ3) is 3.53. The summed E-state index contributed by atoms with van der Waals surface area (Å²) in [4.78, 5) is 36.1. The molecule has 1 N–H and O–H groups in total. The largest absolute Gasteiger partial charge is 0.496 e. The molecule has 1 amide bonds. The molecule has 0 aliphatic rings. The first-order chi connectivity index (χ1) is 12.5. The van der Waals surface area contributed by atoms with Crippen molar-refractivity contribution < 1.29 is 13.9 Å². The molecule has 8 heteroatoms. The zero-order valence-electron chi connectivity index (χ0n) is 14.5. The highest BCUT2D eigenvalue weighted by Gasteiger charge is 2.12. The van der Waals surface area contributed by atoms with Crippen molar-refractivity contribution in [3.63, 3.8) is 0 Å². The van der Waals surface area contributed by atoms with Crippen molar-refractivity contribution in [1.29, 1.82) is 0 Å². The molecule has 1 aromatic carbocycles. The predicted octanol–water partition coefficient (Wildman–Crippen LogP) is 0.890. The van der Waals surface area contributed by atoms with Gasteiger partial charge in [-0.15, -0.1) is 0 Å². The van der Waals surface area contributed by atoms with Crippen LogP contribution in [0.4, 0.5) is 0 Å². The van der Waals surface area contributed by atoms with Gasteiger partial charge >= 0.3 is 5.76 Å². The number of methoxy groups -OCH3 is 1. The Morgan fingerprint density at radius 3 is 2.69 bits per heavy atom. The number of nitrogens with zero attached hydrogens (tertiary/aromatic N) is 2. The van der Waals surface area contributed by atoms with Gasteiger partial charge in [-0.2, -0.15) is 0 Å². The summed E-state index contributed by atoms with van der Waals surface area (Å²) in [6, 6.07) is 10.1. The van der Waals surface area contributed by atoms with Crippen LogP contribution >= 0.6 is 0 Å². The molecule has 0 bridgehead atoms. The van der Waals surface area contributed by atoms with Crippen molar-refractivity contribution >= 4 is 17.0 Å². The SMILES string of the molecule is COc1cc(C)n(CCNC(=O)Cn2c(=O)oc3ccccc32)c(=O)c1. The van der Waals surface area contributed by atoms with Crippen molar-refractivity contribution in [2.45, 2.75) is 20.0 Å². The molecule has 0 saturated heterocycles. The fourth-order valence-corrected chi connectivity index (χ4v) is 2.77. The summed E-state index contributed by atoms with van der Waals surface area (Å²) in [5, 5.41) is 2.71. The first-order valence-electron chi connectivity index (χ1n) is 8.10. The zero-order chi connectivity index (χ0) is 18.7. The van der Waals surface area contributed by atoms with Crippen LogP contribution in [0.1, 0.15) is 5.69 Å². The van der Waals surface area contributed by atoms with E-state index in [0.717, 1.165) is 5.69 Å². The molecule has 0 atom stereocenters. The number of aryl methyl sites for hydroxylation is 1. The molecule has 0 aliphatic heterocycles. The molecule has 0 fully saturated rings. The average Bonchev–Trinajstić information content (AvgIpc) is 2.92. The van der Waals surface area contributed by atoms with Crippen LogP contribution in [0.3, 0.4) is 0 Å². The summed E-state index contributed by atoms with van der Waals surface area (Å²) in [6.07, 6.45) is 0. The minimum absolute atomic E-state index is 0.146. The lowest BCUT2D eigenvalue weighted by atomic mass is 10.3. The molecule has 0 saturated carbocycles. The standard InChI is InChI=1S/C18H19N3O5/c1-12-9-13(25-2)10-17(23)20(12)8-7-19-16(22)11-21-14-5-3-4-6-15(14)26-18(21)24/h3-6,9-10H,7-8,11H2,1-2H3,(H,19,22). The van der Waals surface area contributed by atoms with Gasteiger partial charge in [0.25, 0.3) is 5.56 Å². The summed E-state index contributed by atoms with van der Waals surface area (Å²) in [5.41, 5.74) is 1.54. The molecule has 0 spiro atoms. The highest BCUT2D eigenvalue weighted by Crippen LogP contribution is 2.11. The van der Waals surface area contributed by atoms with E-state index in [2.05, 4.69) is 5.32 Å². The molecule has 0 radical (unpaired) electrons. The number of rotatable bonds is 6. The fourth-order valence-electron chi connectivity index (χ4n) is 2.77. The highest BCUT2D eigenvalue weighted by molar-refractivity contribution is 5.79. The molecule has 2 aromatic heterocycles. The van der Waals surface area contributed by atoms with Gasteiger partial charge in [-0.05, 0) is 25.1 Å². The number of benzene rings is 1. The Morgan fingerprint density at radius 2 is 1.96 bits per heavy atom. The maximum absolute atomic E-state index is 12.1. The first kappa shape index (κ1) is 17.5. The Morgan fingerprint density at radius 1 is 1.19 bits per heavy atom. The van der Waals surface area contributed by atoms with Crippen molar-refractivity contribution in [1.82, 2.24) is 14.5 Å². The summed E-state index contributed by atoms with van der Waals surface area (Å²) in [7, 11) is 1.50. The normalized spacial score (nSPS) is 10.8. The number of ether oxygens (including phenoxy) is 1. The van der Waals surface area contributed by atoms with Gasteiger partial charge in [0.2, 0.25) is 5.91 Å². The molecular weight excluding hydrogens is 338 g/mol. The number of hydrogen-bond acceptors (Lipinski definition) is 5. The van der Waals surface area contributed by atoms with Crippen molar-refractivity contribution in [2.75, 3.05) is 13.7 Å². The maximum Gasteiger partial charge on any atom is 0.420 e. The van der Waals surface area contributed by atoms with E-state index in [-0.39, 0.29) is 24.6 Å². The topological polar surface area (TPSA) is 95.5 Å². The van der Waals surface area contributed by atoms with Gasteiger partial charge in [-0.1, -0.05) is 12.1 Å². The number of nitrogens with one attached hydrogen (secondary N) is 1. The van der Waals surface area contributed by atoms with Crippen molar-refractivity contribution in [2.24, 2.45) is 0 Å². The predicted molar refractivity (Wildman–Crippen MR) is 95.5 cm³/mol. The summed E-state index contributed by atoms with van der Waals surface area (Å²) >= 11 is 0. The molecule has 3 aromatic rings. The smallest absolute Gasteiger partial charge is 0.420 e. The number of pyridine rings is 1. The number of oxazole rings is 1. The second-order valence-corrected chi connectivity index (χ2v) is 5.80. The Labute approximate surface area is 148 Å². The average molecular weight is 357 g/mol. The molecule has 2 heterocycles. The molecule has 3 rings (SSSR count). The number of hydrogen-bond donors (Lipinski definition) is 1. The minimum Gasteiger partial charge on any atom is -0.496 e. The van der Waals surface area contributed by atoms with Gasteiger partial charge in [0, 0.05) is 24.8 Å². The molecule has 0 aliphatic carbocycles. The van der Waals surface area contributed by atoms with E-state index in [1.807, 2.05) is 0 Å². The Kier molecular flexibility index (Phi) is 4.92. The van der Waals surface area contributed by atoms with Gasteiger partial charge in [0.05, 0.1) is 12.6 Å². The minimum atomic E-state index is -0.580. The maximum atomic E-state index is 12.1. The van der Waals surface area contributed by atoms with Crippen molar-refractivity contribution in [3.05, 3.63) is 63.0 Å². The van der Waals surface area contributed by atoms with E-state index in [9.17, 15) is 14.4 Å². The first-order valence-corrected chi connectivity index (χ1v) is 8.10. The van der Waals surface area contributed by atoms with Crippen LogP contribution in [-0.4, -0.2) is 28.7 Å². The number of para-hydroxylation sites is 2. The second-order valence-electron chi connectivity index (χ2n) is 5.80. The third-order valence-electron chi connectivity index (χ3n) is 4.08. The van der Waals surface area contributed by atoms with Crippen LogP contribution in [0.25, 0.3) is 11.1 Å². The number of amides is 1. The summed E-state index contributed by atoms with van der Waals surface area (Å²) in [6.45, 7) is 2.23. The molecule has 136 valence electrons. The van der Waals surface area contributed by atoms with Crippen LogP contribution in [0.5, 0.6) is 5.75 Å². The number of carbonyl (C=O) groups excluding carboxylic acids is 1. The molecular formula is C18H19N3O5. The van der Waals surface area contributed by atoms with Crippen LogP contribution < -0.4 is 21.4 Å². The monoisotopic (exact) mass is 357 g/mol. The van der Waals surface area contributed by atoms with Gasteiger partial charge in [0.1, 0.15) is 12.3 Å². The number of carbonyl (C=O) groups is 1. The van der Waals surface area contributed by atoms with Gasteiger partial charge in [-0.3, -0.25) is 14.2 Å². The van der Waals surface area contributed by atoms with Gasteiger partial charge < -0.3 is 19.0 Å². The van der Waals surface area contributed by atoms with Crippen LogP contribution in [0.2, 0.25) is 0 Å². The fraction of sp³-hybridized carbons (Fsp3) is 0.278. The van der Waals surface area contributed by atoms with E-state index >= 15 is 0 Å². The van der Waals surface area contributed by atoms with Crippen LogP contribution in [0, 0.1) is 6.92 Å². The second kappa shape index (κ2) is 7.30. The van der Waals surface area contributed by atoms with Crippen LogP contribution in [0.15, 0.2) is 50.4 Å². The van der Waals surface area contributed by atoms with E-state index in [1.165, 1.54) is 17.7 Å². The zero-order valence-corrected chi connectivity index (χ0v) is 14.5. The third-order valence-corrected chi connectivity index (χ3v) is 4.08. The lowest BCUT2D eigenvalue weighted by molar-refractivity contribution is -0.121. The van der Waals surface area contributed by atoms with Gasteiger partial charge in [-0.25, -0.2) is 4.79 Å². The van der Waals surface area contributed by atoms with E-state index < -0.39 is 5.76 Å². The van der Waals surface area contributed by atoms with Crippen molar-refractivity contribution in [3.8, 4) is 5.75 Å². The Balaban J connectivity index is 1.64. The van der Waals surface area contributed by atoms with Gasteiger partial charge in [0.15, 0.2) is 5.58 Å². The molecule has 8 nitrogen and oxygen atoms in total. The van der Waals surface area contributed by atoms with E-state index in [1.54, 1.807) is 41.8 Å². The summed E-state index contributed by atoms with van der Waals surface area (Å²) < 4.78 is 13.0. The quantitative estimate of drug-likeness (QED) is 0.707. The lowest BCUT2D eigenvalue weighted by Crippen LogP contribution is -2.35.